The molecule has 1 aromatic rings. The molecule has 2 N–H and O–H groups in total. The highest BCUT2D eigenvalue weighted by atomic mass is 79.9. The summed E-state index contributed by atoms with van der Waals surface area (Å²) >= 11 is 3.56. The Morgan fingerprint density at radius 1 is 1.35 bits per heavy atom. The maximum Gasteiger partial charge on any atom is 0.223 e. The lowest BCUT2D eigenvalue weighted by Crippen LogP contribution is -2.36. The first-order chi connectivity index (χ1) is 9.57. The van der Waals surface area contributed by atoms with Crippen LogP contribution in [-0.2, 0) is 4.79 Å². The normalized spacial score (nSPS) is 27.3. The van der Waals surface area contributed by atoms with Crippen molar-refractivity contribution in [1.82, 2.24) is 5.32 Å². The number of rotatable bonds is 4. The van der Waals surface area contributed by atoms with Gasteiger partial charge in [0.25, 0.3) is 0 Å². The molecule has 0 bridgehead atoms. The largest absolute Gasteiger partial charge is 0.389 e. The van der Waals surface area contributed by atoms with Gasteiger partial charge in [-0.2, -0.15) is 0 Å². The molecule has 2 saturated carbocycles. The molecule has 2 unspecified atom stereocenters. The fourth-order valence-electron chi connectivity index (χ4n) is 3.24. The third-order valence-corrected chi connectivity index (χ3v) is 5.19. The standard InChI is InChI=1S/C16H20BrNO2/c17-13-6-2-1-5-11(13)12-9-14(12)18-15(19)10-16(20)7-3-4-8-16/h1-2,5-6,12,14,20H,3-4,7-10H2,(H,18,19). The van der Waals surface area contributed by atoms with Crippen molar-refractivity contribution < 1.29 is 9.90 Å². The van der Waals surface area contributed by atoms with Gasteiger partial charge in [0.1, 0.15) is 0 Å². The number of amides is 1. The molecule has 3 rings (SSSR count). The summed E-state index contributed by atoms with van der Waals surface area (Å²) in [4.78, 5) is 12.0. The van der Waals surface area contributed by atoms with E-state index in [-0.39, 0.29) is 18.4 Å². The summed E-state index contributed by atoms with van der Waals surface area (Å²) in [5.41, 5.74) is 0.513. The van der Waals surface area contributed by atoms with Gasteiger partial charge in [0, 0.05) is 16.4 Å². The number of hydrogen-bond donors (Lipinski definition) is 2. The fraction of sp³-hybridized carbons (Fsp3) is 0.562. The zero-order valence-electron chi connectivity index (χ0n) is 11.4. The number of nitrogens with one attached hydrogen (secondary N) is 1. The summed E-state index contributed by atoms with van der Waals surface area (Å²) in [6.07, 6.45) is 4.84. The predicted molar refractivity (Wildman–Crippen MR) is 81.5 cm³/mol. The number of aliphatic hydroxyl groups is 1. The molecule has 2 aliphatic rings. The van der Waals surface area contributed by atoms with Crippen molar-refractivity contribution in [2.75, 3.05) is 0 Å². The van der Waals surface area contributed by atoms with Crippen LogP contribution in [0.1, 0.15) is 50.0 Å². The first kappa shape index (κ1) is 14.1. The average Bonchev–Trinajstić information content (AvgIpc) is 3.01. The van der Waals surface area contributed by atoms with Gasteiger partial charge in [-0.05, 0) is 30.9 Å². The lowest BCUT2D eigenvalue weighted by molar-refractivity contribution is -0.126. The summed E-state index contributed by atoms with van der Waals surface area (Å²) in [6.45, 7) is 0. The Hall–Kier alpha value is -0.870. The minimum Gasteiger partial charge on any atom is -0.389 e. The molecular weight excluding hydrogens is 318 g/mol. The second kappa shape index (κ2) is 5.49. The topological polar surface area (TPSA) is 49.3 Å². The van der Waals surface area contributed by atoms with Gasteiger partial charge in [-0.15, -0.1) is 0 Å². The Morgan fingerprint density at radius 3 is 2.75 bits per heavy atom. The maximum absolute atomic E-state index is 12.0. The SMILES string of the molecule is O=C(CC1(O)CCCC1)NC1CC1c1ccccc1Br. The third-order valence-electron chi connectivity index (χ3n) is 4.47. The van der Waals surface area contributed by atoms with E-state index in [1.165, 1.54) is 5.56 Å². The number of carbonyl (C=O) groups is 1. The summed E-state index contributed by atoms with van der Waals surface area (Å²) in [5.74, 6) is 0.404. The van der Waals surface area contributed by atoms with E-state index < -0.39 is 5.60 Å². The van der Waals surface area contributed by atoms with E-state index in [2.05, 4.69) is 27.3 Å². The zero-order chi connectivity index (χ0) is 14.2. The zero-order valence-corrected chi connectivity index (χ0v) is 13.0. The summed E-state index contributed by atoms with van der Waals surface area (Å²) in [7, 11) is 0. The van der Waals surface area contributed by atoms with Crippen LogP contribution in [0.5, 0.6) is 0 Å². The summed E-state index contributed by atoms with van der Waals surface area (Å²) in [6, 6.07) is 8.39. The van der Waals surface area contributed by atoms with Crippen molar-refractivity contribution >= 4 is 21.8 Å². The second-order valence-electron chi connectivity index (χ2n) is 6.15. The number of benzene rings is 1. The smallest absolute Gasteiger partial charge is 0.223 e. The summed E-state index contributed by atoms with van der Waals surface area (Å²) < 4.78 is 1.11. The molecule has 1 aromatic carbocycles. The molecule has 1 amide bonds. The van der Waals surface area contributed by atoms with Gasteiger partial charge >= 0.3 is 0 Å². The lowest BCUT2D eigenvalue weighted by atomic mass is 9.97. The highest BCUT2D eigenvalue weighted by Crippen LogP contribution is 2.44. The molecule has 0 heterocycles. The van der Waals surface area contributed by atoms with Gasteiger partial charge in [-0.25, -0.2) is 0 Å². The maximum atomic E-state index is 12.0. The minimum atomic E-state index is -0.748. The van der Waals surface area contributed by atoms with E-state index in [1.807, 2.05) is 18.2 Å². The molecule has 0 radical (unpaired) electrons. The number of carbonyl (C=O) groups excluding carboxylic acids is 1. The van der Waals surface area contributed by atoms with Gasteiger partial charge in [-0.3, -0.25) is 4.79 Å². The molecule has 0 aromatic heterocycles. The number of halogens is 1. The van der Waals surface area contributed by atoms with Crippen molar-refractivity contribution in [1.29, 1.82) is 0 Å². The predicted octanol–water partition coefficient (Wildman–Crippen LogP) is 3.12. The second-order valence-corrected chi connectivity index (χ2v) is 7.00. The molecule has 3 nitrogen and oxygen atoms in total. The molecule has 108 valence electrons. The van der Waals surface area contributed by atoms with Gasteiger partial charge < -0.3 is 10.4 Å². The van der Waals surface area contributed by atoms with Crippen LogP contribution in [0, 0.1) is 0 Å². The van der Waals surface area contributed by atoms with E-state index >= 15 is 0 Å². The molecule has 0 spiro atoms. The Morgan fingerprint density at radius 2 is 2.05 bits per heavy atom. The van der Waals surface area contributed by atoms with Crippen molar-refractivity contribution in [3.05, 3.63) is 34.3 Å². The molecule has 4 heteroatoms. The Balaban J connectivity index is 1.53. The minimum absolute atomic E-state index is 0.00560. The van der Waals surface area contributed by atoms with Gasteiger partial charge in [0.2, 0.25) is 5.91 Å². The number of hydrogen-bond acceptors (Lipinski definition) is 2. The molecular formula is C16H20BrNO2. The summed E-state index contributed by atoms with van der Waals surface area (Å²) in [5, 5.41) is 13.3. The van der Waals surface area contributed by atoms with Crippen molar-refractivity contribution in [3.63, 3.8) is 0 Å². The van der Waals surface area contributed by atoms with Gasteiger partial charge in [0.05, 0.1) is 12.0 Å². The van der Waals surface area contributed by atoms with Crippen LogP contribution < -0.4 is 5.32 Å². The third kappa shape index (κ3) is 3.07. The van der Waals surface area contributed by atoms with Crippen molar-refractivity contribution in [2.45, 2.75) is 56.1 Å². The van der Waals surface area contributed by atoms with Gasteiger partial charge in [0.15, 0.2) is 0 Å². The first-order valence-corrected chi connectivity index (χ1v) is 8.13. The van der Waals surface area contributed by atoms with Crippen molar-refractivity contribution in [2.24, 2.45) is 0 Å². The van der Waals surface area contributed by atoms with E-state index in [9.17, 15) is 9.90 Å². The van der Waals surface area contributed by atoms with Crippen LogP contribution in [0.3, 0.4) is 0 Å². The van der Waals surface area contributed by atoms with Gasteiger partial charge in [-0.1, -0.05) is 47.0 Å². The highest BCUT2D eigenvalue weighted by molar-refractivity contribution is 9.10. The highest BCUT2D eigenvalue weighted by Gasteiger charge is 2.42. The van der Waals surface area contributed by atoms with E-state index in [0.717, 1.165) is 36.6 Å². The quantitative estimate of drug-likeness (QED) is 0.886. The molecule has 0 aliphatic heterocycles. The first-order valence-electron chi connectivity index (χ1n) is 7.34. The van der Waals surface area contributed by atoms with E-state index in [4.69, 9.17) is 0 Å². The van der Waals surface area contributed by atoms with Crippen LogP contribution in [0.15, 0.2) is 28.7 Å². The van der Waals surface area contributed by atoms with Crippen LogP contribution in [0.4, 0.5) is 0 Å². The molecule has 0 saturated heterocycles. The average molecular weight is 338 g/mol. The van der Waals surface area contributed by atoms with E-state index in [1.54, 1.807) is 0 Å². The monoisotopic (exact) mass is 337 g/mol. The van der Waals surface area contributed by atoms with Crippen molar-refractivity contribution in [3.8, 4) is 0 Å². The molecule has 2 aliphatic carbocycles. The van der Waals surface area contributed by atoms with Crippen LogP contribution in [-0.4, -0.2) is 22.7 Å². The lowest BCUT2D eigenvalue weighted by Gasteiger charge is -2.21. The molecule has 2 fully saturated rings. The van der Waals surface area contributed by atoms with Crippen LogP contribution >= 0.6 is 15.9 Å². The Labute approximate surface area is 127 Å². The fourth-order valence-corrected chi connectivity index (χ4v) is 3.82. The Bertz CT molecular complexity index is 511. The van der Waals surface area contributed by atoms with Crippen LogP contribution in [0.2, 0.25) is 0 Å². The van der Waals surface area contributed by atoms with Crippen LogP contribution in [0.25, 0.3) is 0 Å². The molecule has 2 atom stereocenters. The van der Waals surface area contributed by atoms with E-state index in [0.29, 0.717) is 5.92 Å². The molecule has 20 heavy (non-hydrogen) atoms. The Kier molecular flexibility index (Phi) is 3.87.